The molecule has 0 unspecified atom stereocenters. The Morgan fingerprint density at radius 2 is 1.75 bits per heavy atom. The number of benzene rings is 1. The summed E-state index contributed by atoms with van der Waals surface area (Å²) >= 11 is 0. The van der Waals surface area contributed by atoms with Crippen LogP contribution < -0.4 is 0 Å². The van der Waals surface area contributed by atoms with Gasteiger partial charge in [0.25, 0.3) is 0 Å². The van der Waals surface area contributed by atoms with Crippen LogP contribution in [0, 0.1) is 12.8 Å². The van der Waals surface area contributed by atoms with Gasteiger partial charge in [0, 0.05) is 32.2 Å². The molecule has 4 heteroatoms. The number of ether oxygens (including phenoxy) is 1. The molecule has 1 amide bonds. The lowest BCUT2D eigenvalue weighted by molar-refractivity contribution is -0.132. The number of likely N-dealkylation sites (tertiary alicyclic amines) is 1. The number of rotatable bonds is 4. The smallest absolute Gasteiger partial charge is 0.226 e. The molecule has 4 nitrogen and oxygen atoms in total. The highest BCUT2D eigenvalue weighted by molar-refractivity contribution is 5.78. The first-order valence-electron chi connectivity index (χ1n) is 9.28. The number of hydrogen-bond donors (Lipinski definition) is 0. The molecule has 0 radical (unpaired) electrons. The number of amides is 1. The number of carbonyl (C=O) groups is 1. The van der Waals surface area contributed by atoms with Gasteiger partial charge in [-0.1, -0.05) is 29.8 Å². The van der Waals surface area contributed by atoms with Crippen LogP contribution in [0.15, 0.2) is 24.3 Å². The molecule has 1 aromatic carbocycles. The largest absolute Gasteiger partial charge is 0.379 e. The Hall–Kier alpha value is -1.39. The lowest BCUT2D eigenvalue weighted by atomic mass is 9.89. The van der Waals surface area contributed by atoms with Crippen molar-refractivity contribution in [3.8, 4) is 0 Å². The molecule has 2 aliphatic heterocycles. The Labute approximate surface area is 145 Å². The minimum atomic E-state index is 0.274. The van der Waals surface area contributed by atoms with Gasteiger partial charge in [-0.3, -0.25) is 9.69 Å². The Morgan fingerprint density at radius 3 is 2.38 bits per heavy atom. The van der Waals surface area contributed by atoms with Crippen molar-refractivity contribution in [1.29, 1.82) is 0 Å². The molecule has 24 heavy (non-hydrogen) atoms. The zero-order valence-corrected chi connectivity index (χ0v) is 15.0. The number of aryl methyl sites for hydroxylation is 1. The van der Waals surface area contributed by atoms with Crippen LogP contribution >= 0.6 is 0 Å². The van der Waals surface area contributed by atoms with Crippen LogP contribution in [0.1, 0.15) is 30.9 Å². The molecule has 0 saturated carbocycles. The fourth-order valence-electron chi connectivity index (χ4n) is 3.91. The minimum Gasteiger partial charge on any atom is -0.379 e. The lowest BCUT2D eigenvalue weighted by Crippen LogP contribution is -2.49. The summed E-state index contributed by atoms with van der Waals surface area (Å²) < 4.78 is 5.46. The van der Waals surface area contributed by atoms with Gasteiger partial charge in [-0.25, -0.2) is 0 Å². The SMILES string of the molecule is Cc1ccc(CC(=O)N2CCC([C@H](C)N3CCOCC3)CC2)cc1. The molecule has 0 aliphatic carbocycles. The molecule has 2 heterocycles. The predicted octanol–water partition coefficient (Wildman–Crippen LogP) is 2.50. The second-order valence-corrected chi connectivity index (χ2v) is 7.27. The van der Waals surface area contributed by atoms with Gasteiger partial charge in [-0.15, -0.1) is 0 Å². The van der Waals surface area contributed by atoms with Crippen LogP contribution in [0.5, 0.6) is 0 Å². The van der Waals surface area contributed by atoms with E-state index in [1.807, 2.05) is 0 Å². The van der Waals surface area contributed by atoms with Gasteiger partial charge in [-0.2, -0.15) is 0 Å². The van der Waals surface area contributed by atoms with E-state index in [-0.39, 0.29) is 5.91 Å². The number of carbonyl (C=O) groups excluding carboxylic acids is 1. The van der Waals surface area contributed by atoms with E-state index in [1.54, 1.807) is 0 Å². The number of piperidine rings is 1. The average Bonchev–Trinajstić information content (AvgIpc) is 2.64. The summed E-state index contributed by atoms with van der Waals surface area (Å²) in [7, 11) is 0. The van der Waals surface area contributed by atoms with E-state index >= 15 is 0 Å². The Morgan fingerprint density at radius 1 is 1.12 bits per heavy atom. The van der Waals surface area contributed by atoms with Crippen LogP contribution in [0.4, 0.5) is 0 Å². The molecule has 0 N–H and O–H groups in total. The van der Waals surface area contributed by atoms with Crippen molar-refractivity contribution in [3.63, 3.8) is 0 Å². The van der Waals surface area contributed by atoms with Crippen molar-refractivity contribution < 1.29 is 9.53 Å². The minimum absolute atomic E-state index is 0.274. The standard InChI is InChI=1S/C20H30N2O2/c1-16-3-5-18(6-4-16)15-20(23)22-9-7-19(8-10-22)17(2)21-11-13-24-14-12-21/h3-6,17,19H,7-15H2,1-2H3/t17-/m0/s1. The van der Waals surface area contributed by atoms with Gasteiger partial charge >= 0.3 is 0 Å². The van der Waals surface area contributed by atoms with E-state index in [4.69, 9.17) is 4.74 Å². The number of hydrogen-bond acceptors (Lipinski definition) is 3. The van der Waals surface area contributed by atoms with E-state index in [1.165, 1.54) is 5.56 Å². The summed E-state index contributed by atoms with van der Waals surface area (Å²) in [4.78, 5) is 17.1. The van der Waals surface area contributed by atoms with Crippen molar-refractivity contribution in [2.45, 2.75) is 39.2 Å². The molecule has 0 bridgehead atoms. The molecule has 1 aromatic rings. The summed E-state index contributed by atoms with van der Waals surface area (Å²) in [6.45, 7) is 10.1. The molecule has 2 aliphatic rings. The Bertz CT molecular complexity index is 529. The average molecular weight is 330 g/mol. The maximum absolute atomic E-state index is 12.5. The van der Waals surface area contributed by atoms with Crippen LogP contribution in [-0.2, 0) is 16.0 Å². The highest BCUT2D eigenvalue weighted by Gasteiger charge is 2.29. The Balaban J connectivity index is 1.47. The fourth-order valence-corrected chi connectivity index (χ4v) is 3.91. The summed E-state index contributed by atoms with van der Waals surface area (Å²) in [6.07, 6.45) is 2.78. The third kappa shape index (κ3) is 4.37. The van der Waals surface area contributed by atoms with Crippen LogP contribution in [0.2, 0.25) is 0 Å². The zero-order valence-electron chi connectivity index (χ0n) is 15.0. The highest BCUT2D eigenvalue weighted by Crippen LogP contribution is 2.25. The normalized spacial score (nSPS) is 21.7. The molecule has 0 spiro atoms. The summed E-state index contributed by atoms with van der Waals surface area (Å²) in [5.74, 6) is 0.975. The molecule has 132 valence electrons. The second kappa shape index (κ2) is 8.13. The van der Waals surface area contributed by atoms with Crippen molar-refractivity contribution in [2.24, 2.45) is 5.92 Å². The maximum Gasteiger partial charge on any atom is 0.226 e. The maximum atomic E-state index is 12.5. The first kappa shape index (κ1) is 17.4. The quantitative estimate of drug-likeness (QED) is 0.850. The lowest BCUT2D eigenvalue weighted by Gasteiger charge is -2.41. The van der Waals surface area contributed by atoms with Gasteiger partial charge in [0.05, 0.1) is 19.6 Å². The monoisotopic (exact) mass is 330 g/mol. The van der Waals surface area contributed by atoms with E-state index in [9.17, 15) is 4.79 Å². The van der Waals surface area contributed by atoms with E-state index < -0.39 is 0 Å². The van der Waals surface area contributed by atoms with Crippen LogP contribution in [-0.4, -0.2) is 61.1 Å². The molecule has 0 aromatic heterocycles. The molecular weight excluding hydrogens is 300 g/mol. The van der Waals surface area contributed by atoms with Gasteiger partial charge < -0.3 is 9.64 Å². The first-order valence-corrected chi connectivity index (χ1v) is 9.28. The van der Waals surface area contributed by atoms with Crippen molar-refractivity contribution >= 4 is 5.91 Å². The van der Waals surface area contributed by atoms with E-state index in [0.29, 0.717) is 18.4 Å². The predicted molar refractivity (Wildman–Crippen MR) is 96.0 cm³/mol. The van der Waals surface area contributed by atoms with Crippen LogP contribution in [0.25, 0.3) is 0 Å². The van der Waals surface area contributed by atoms with Crippen LogP contribution in [0.3, 0.4) is 0 Å². The van der Waals surface area contributed by atoms with Gasteiger partial charge in [-0.05, 0) is 38.2 Å². The molecule has 3 rings (SSSR count). The van der Waals surface area contributed by atoms with E-state index in [0.717, 1.165) is 57.8 Å². The third-order valence-electron chi connectivity index (χ3n) is 5.67. The van der Waals surface area contributed by atoms with E-state index in [2.05, 4.69) is 47.9 Å². The number of nitrogens with zero attached hydrogens (tertiary/aromatic N) is 2. The Kier molecular flexibility index (Phi) is 5.90. The van der Waals surface area contributed by atoms with Crippen molar-refractivity contribution in [2.75, 3.05) is 39.4 Å². The second-order valence-electron chi connectivity index (χ2n) is 7.27. The third-order valence-corrected chi connectivity index (χ3v) is 5.67. The molecular formula is C20H30N2O2. The zero-order chi connectivity index (χ0) is 16.9. The van der Waals surface area contributed by atoms with Gasteiger partial charge in [0.15, 0.2) is 0 Å². The summed E-state index contributed by atoms with van der Waals surface area (Å²) in [5.41, 5.74) is 2.36. The fraction of sp³-hybridized carbons (Fsp3) is 0.650. The van der Waals surface area contributed by atoms with Crippen molar-refractivity contribution in [3.05, 3.63) is 35.4 Å². The van der Waals surface area contributed by atoms with Crippen molar-refractivity contribution in [1.82, 2.24) is 9.80 Å². The first-order chi connectivity index (χ1) is 11.6. The van der Waals surface area contributed by atoms with Gasteiger partial charge in [0.1, 0.15) is 0 Å². The number of morpholine rings is 1. The molecule has 2 saturated heterocycles. The topological polar surface area (TPSA) is 32.8 Å². The highest BCUT2D eigenvalue weighted by atomic mass is 16.5. The summed E-state index contributed by atoms with van der Waals surface area (Å²) in [5, 5.41) is 0. The van der Waals surface area contributed by atoms with Gasteiger partial charge in [0.2, 0.25) is 5.91 Å². The molecule has 1 atom stereocenters. The summed E-state index contributed by atoms with van der Waals surface area (Å²) in [6, 6.07) is 8.90. The molecule has 2 fully saturated rings.